The van der Waals surface area contributed by atoms with Crippen molar-refractivity contribution in [3.05, 3.63) is 169 Å². The van der Waals surface area contributed by atoms with Crippen LogP contribution >= 0.6 is 0 Å². The molecule has 9 aromatic carbocycles. The van der Waals surface area contributed by atoms with E-state index in [1.807, 2.05) is 18.2 Å². The van der Waals surface area contributed by atoms with E-state index in [0.717, 1.165) is 44.5 Å². The number of ether oxygens (including phenoxy) is 1. The molecule has 0 aliphatic carbocycles. The Morgan fingerprint density at radius 2 is 0.898 bits per heavy atom. The molecule has 0 N–H and O–H groups in total. The van der Waals surface area contributed by atoms with Gasteiger partial charge in [0.25, 0.3) is 0 Å². The predicted molar refractivity (Wildman–Crippen MR) is 203 cm³/mol. The van der Waals surface area contributed by atoms with Gasteiger partial charge >= 0.3 is 0 Å². The smallest absolute Gasteiger partial charge is 0.136 e. The summed E-state index contributed by atoms with van der Waals surface area (Å²) >= 11 is 0. The third-order valence-electron chi connectivity index (χ3n) is 10.1. The van der Waals surface area contributed by atoms with Crippen molar-refractivity contribution in [2.45, 2.75) is 0 Å². The Hall–Kier alpha value is -6.69. The number of nitriles is 1. The maximum absolute atomic E-state index is 9.43. The molecule has 2 nitrogen and oxygen atoms in total. The SMILES string of the molecule is N#Cc1ccc2c(c1)Oc1ccc(-c3ccc(-c4cc5c6ccccc6c(-c6ccccc6)cc5c5ccccc45)cc3)c3cccc-2c13. The molecule has 0 fully saturated rings. The number of hydrogen-bond donors (Lipinski definition) is 0. The number of hydrogen-bond acceptors (Lipinski definition) is 2. The van der Waals surface area contributed by atoms with Crippen LogP contribution in [0.1, 0.15) is 5.56 Å². The van der Waals surface area contributed by atoms with E-state index in [1.165, 1.54) is 54.6 Å². The molecule has 0 aromatic heterocycles. The van der Waals surface area contributed by atoms with Gasteiger partial charge in [-0.05, 0) is 113 Å². The molecule has 1 heterocycles. The molecule has 0 unspecified atom stereocenters. The summed E-state index contributed by atoms with van der Waals surface area (Å²) in [5.74, 6) is 1.54. The van der Waals surface area contributed by atoms with Crippen LogP contribution < -0.4 is 4.74 Å². The van der Waals surface area contributed by atoms with Crippen LogP contribution in [0.5, 0.6) is 11.5 Å². The highest BCUT2D eigenvalue weighted by Crippen LogP contribution is 2.49. The fraction of sp³-hybridized carbons (Fsp3) is 0. The van der Waals surface area contributed by atoms with Crippen molar-refractivity contribution in [2.75, 3.05) is 0 Å². The zero-order valence-electron chi connectivity index (χ0n) is 26.4. The fourth-order valence-electron chi connectivity index (χ4n) is 7.83. The van der Waals surface area contributed by atoms with Crippen LogP contribution in [0.3, 0.4) is 0 Å². The monoisotopic (exact) mass is 621 g/mol. The van der Waals surface area contributed by atoms with Gasteiger partial charge in [-0.3, -0.25) is 0 Å². The molecular formula is C47H27NO. The largest absolute Gasteiger partial charge is 0.456 e. The van der Waals surface area contributed by atoms with E-state index in [4.69, 9.17) is 4.74 Å². The first kappa shape index (κ1) is 27.4. The predicted octanol–water partition coefficient (Wildman–Crippen LogP) is 12.9. The van der Waals surface area contributed by atoms with Gasteiger partial charge in [-0.15, -0.1) is 0 Å². The van der Waals surface area contributed by atoms with Crippen molar-refractivity contribution >= 4 is 43.1 Å². The molecule has 226 valence electrons. The number of fused-ring (bicyclic) bond motifs is 7. The summed E-state index contributed by atoms with van der Waals surface area (Å²) in [5, 5.41) is 19.2. The molecule has 0 bridgehead atoms. The molecule has 0 amide bonds. The lowest BCUT2D eigenvalue weighted by molar-refractivity contribution is 0.487. The summed E-state index contributed by atoms with van der Waals surface area (Å²) in [5.41, 5.74) is 9.95. The van der Waals surface area contributed by atoms with Crippen molar-refractivity contribution < 1.29 is 4.74 Å². The van der Waals surface area contributed by atoms with Gasteiger partial charge in [0.1, 0.15) is 11.5 Å². The highest BCUT2D eigenvalue weighted by atomic mass is 16.5. The summed E-state index contributed by atoms with van der Waals surface area (Å²) in [6.07, 6.45) is 0. The second-order valence-corrected chi connectivity index (χ2v) is 12.7. The Morgan fingerprint density at radius 1 is 0.347 bits per heavy atom. The van der Waals surface area contributed by atoms with Crippen LogP contribution in [0.15, 0.2) is 164 Å². The second-order valence-electron chi connectivity index (χ2n) is 12.7. The van der Waals surface area contributed by atoms with Crippen LogP contribution in [0.2, 0.25) is 0 Å². The fourth-order valence-corrected chi connectivity index (χ4v) is 7.83. The Labute approximate surface area is 283 Å². The summed E-state index contributed by atoms with van der Waals surface area (Å²) in [7, 11) is 0. The van der Waals surface area contributed by atoms with Crippen molar-refractivity contribution in [3.63, 3.8) is 0 Å². The van der Waals surface area contributed by atoms with Gasteiger partial charge in [-0.25, -0.2) is 0 Å². The van der Waals surface area contributed by atoms with E-state index in [0.29, 0.717) is 5.56 Å². The van der Waals surface area contributed by atoms with Crippen LogP contribution in [0, 0.1) is 11.3 Å². The standard InChI is InChI=1S/C47H27NO/c48-28-29-17-22-38-40-16-8-15-39-33(23-24-45(47(39)40)49-46(38)25-29)31-18-20-32(21-19-31)42-27-44-36-13-6-4-11-34(36)41(30-9-2-1-3-10-30)26-43(44)37-14-7-5-12-35(37)42/h1-27H. The summed E-state index contributed by atoms with van der Waals surface area (Å²) in [6, 6.07) is 60.6. The molecule has 0 saturated carbocycles. The topological polar surface area (TPSA) is 33.0 Å². The van der Waals surface area contributed by atoms with E-state index < -0.39 is 0 Å². The molecular weight excluding hydrogens is 595 g/mol. The number of rotatable bonds is 3. The first-order valence-electron chi connectivity index (χ1n) is 16.6. The lowest BCUT2D eigenvalue weighted by atomic mass is 9.87. The zero-order valence-corrected chi connectivity index (χ0v) is 26.4. The molecule has 0 atom stereocenters. The first-order chi connectivity index (χ1) is 24.2. The molecule has 0 radical (unpaired) electrons. The maximum atomic E-state index is 9.43. The van der Waals surface area contributed by atoms with E-state index in [2.05, 4.69) is 152 Å². The lowest BCUT2D eigenvalue weighted by Gasteiger charge is -2.22. The Bertz CT molecular complexity index is 2840. The van der Waals surface area contributed by atoms with E-state index >= 15 is 0 Å². The van der Waals surface area contributed by atoms with E-state index in [9.17, 15) is 5.26 Å². The molecule has 10 rings (SSSR count). The van der Waals surface area contributed by atoms with E-state index in [1.54, 1.807) is 0 Å². The van der Waals surface area contributed by atoms with Crippen LogP contribution in [0.25, 0.3) is 87.6 Å². The minimum atomic E-state index is 0.593. The molecule has 2 heteroatoms. The first-order valence-corrected chi connectivity index (χ1v) is 16.6. The summed E-state index contributed by atoms with van der Waals surface area (Å²) in [6.45, 7) is 0. The van der Waals surface area contributed by atoms with Crippen molar-refractivity contribution in [3.8, 4) is 62.1 Å². The number of nitrogens with zero attached hydrogens (tertiary/aromatic N) is 1. The molecule has 0 saturated heterocycles. The normalized spacial score (nSPS) is 11.8. The quantitative estimate of drug-likeness (QED) is 0.184. The zero-order chi connectivity index (χ0) is 32.5. The Kier molecular flexibility index (Phi) is 5.97. The van der Waals surface area contributed by atoms with Gasteiger partial charge in [0.2, 0.25) is 0 Å². The Balaban J connectivity index is 1.13. The lowest BCUT2D eigenvalue weighted by Crippen LogP contribution is -1.98. The average molecular weight is 622 g/mol. The third-order valence-corrected chi connectivity index (χ3v) is 10.1. The van der Waals surface area contributed by atoms with Gasteiger partial charge in [0, 0.05) is 10.9 Å². The maximum Gasteiger partial charge on any atom is 0.136 e. The average Bonchev–Trinajstić information content (AvgIpc) is 3.17. The molecule has 9 aromatic rings. The van der Waals surface area contributed by atoms with Crippen molar-refractivity contribution in [1.82, 2.24) is 0 Å². The minimum Gasteiger partial charge on any atom is -0.456 e. The van der Waals surface area contributed by atoms with E-state index in [-0.39, 0.29) is 0 Å². The van der Waals surface area contributed by atoms with Crippen LogP contribution in [-0.2, 0) is 0 Å². The summed E-state index contributed by atoms with van der Waals surface area (Å²) < 4.78 is 6.35. The Morgan fingerprint density at radius 3 is 1.55 bits per heavy atom. The molecule has 1 aliphatic rings. The van der Waals surface area contributed by atoms with Crippen molar-refractivity contribution in [2.24, 2.45) is 0 Å². The van der Waals surface area contributed by atoms with Crippen molar-refractivity contribution in [1.29, 1.82) is 5.26 Å². The van der Waals surface area contributed by atoms with Gasteiger partial charge in [0.15, 0.2) is 0 Å². The highest BCUT2D eigenvalue weighted by Gasteiger charge is 2.22. The number of benzene rings is 9. The molecule has 0 spiro atoms. The molecule has 1 aliphatic heterocycles. The molecule has 49 heavy (non-hydrogen) atoms. The minimum absolute atomic E-state index is 0.593. The van der Waals surface area contributed by atoms with Crippen LogP contribution in [0.4, 0.5) is 0 Å². The van der Waals surface area contributed by atoms with Gasteiger partial charge in [0.05, 0.1) is 11.6 Å². The van der Waals surface area contributed by atoms with Crippen LogP contribution in [-0.4, -0.2) is 0 Å². The van der Waals surface area contributed by atoms with Gasteiger partial charge in [-0.2, -0.15) is 5.26 Å². The summed E-state index contributed by atoms with van der Waals surface area (Å²) in [4.78, 5) is 0. The second kappa shape index (κ2) is 10.7. The third kappa shape index (κ3) is 4.20. The highest BCUT2D eigenvalue weighted by molar-refractivity contribution is 6.24. The van der Waals surface area contributed by atoms with Gasteiger partial charge in [-0.1, -0.05) is 127 Å². The van der Waals surface area contributed by atoms with Gasteiger partial charge < -0.3 is 4.74 Å².